The number of nitrogens with zero attached hydrogens (tertiary/aromatic N) is 2. The van der Waals surface area contributed by atoms with Crippen LogP contribution in [0.5, 0.6) is 0 Å². The largest absolute Gasteiger partial charge is 0.300 e. The van der Waals surface area contributed by atoms with Crippen LogP contribution in [0.25, 0.3) is 0 Å². The lowest BCUT2D eigenvalue weighted by Crippen LogP contribution is -2.15. The lowest BCUT2D eigenvalue weighted by Gasteiger charge is -2.02. The molecule has 1 aromatic heterocycles. The lowest BCUT2D eigenvalue weighted by atomic mass is 10.1. The summed E-state index contributed by atoms with van der Waals surface area (Å²) in [4.78, 5) is 11.8. The molecule has 4 nitrogen and oxygen atoms in total. The van der Waals surface area contributed by atoms with Crippen LogP contribution < -0.4 is 5.32 Å². The third-order valence-corrected chi connectivity index (χ3v) is 3.63. The first-order valence-corrected chi connectivity index (χ1v) is 6.74. The SMILES string of the molecule is CC(C)c1nnc(NC(=O)Cc2ccccc2F)s1. The average Bonchev–Trinajstić information content (AvgIpc) is 2.80. The van der Waals surface area contributed by atoms with Gasteiger partial charge in [-0.05, 0) is 11.6 Å². The van der Waals surface area contributed by atoms with E-state index in [9.17, 15) is 9.18 Å². The zero-order valence-corrected chi connectivity index (χ0v) is 11.5. The van der Waals surface area contributed by atoms with Crippen molar-refractivity contribution in [3.8, 4) is 0 Å². The van der Waals surface area contributed by atoms with Gasteiger partial charge >= 0.3 is 0 Å². The second kappa shape index (κ2) is 5.88. The van der Waals surface area contributed by atoms with Crippen LogP contribution in [0.1, 0.15) is 30.3 Å². The maximum atomic E-state index is 13.4. The second-order valence-corrected chi connectivity index (χ2v) is 5.43. The van der Waals surface area contributed by atoms with E-state index < -0.39 is 0 Å². The summed E-state index contributed by atoms with van der Waals surface area (Å²) < 4.78 is 13.4. The highest BCUT2D eigenvalue weighted by molar-refractivity contribution is 7.15. The van der Waals surface area contributed by atoms with Gasteiger partial charge in [0.05, 0.1) is 6.42 Å². The van der Waals surface area contributed by atoms with E-state index in [1.807, 2.05) is 13.8 Å². The molecule has 0 aliphatic heterocycles. The molecule has 0 aliphatic rings. The van der Waals surface area contributed by atoms with Crippen molar-refractivity contribution in [2.75, 3.05) is 5.32 Å². The van der Waals surface area contributed by atoms with Crippen molar-refractivity contribution in [3.63, 3.8) is 0 Å². The molecule has 1 N–H and O–H groups in total. The quantitative estimate of drug-likeness (QED) is 0.936. The van der Waals surface area contributed by atoms with Gasteiger partial charge in [0.15, 0.2) is 0 Å². The Bertz CT molecular complexity index is 583. The molecule has 100 valence electrons. The van der Waals surface area contributed by atoms with E-state index in [-0.39, 0.29) is 24.1 Å². The molecule has 2 aromatic rings. The number of benzene rings is 1. The molecule has 1 amide bonds. The fourth-order valence-electron chi connectivity index (χ4n) is 1.50. The molecule has 0 spiro atoms. The molecule has 0 fully saturated rings. The molecular formula is C13H14FN3OS. The number of rotatable bonds is 4. The molecule has 0 unspecified atom stereocenters. The summed E-state index contributed by atoms with van der Waals surface area (Å²) in [7, 11) is 0. The Morgan fingerprint density at radius 2 is 2.11 bits per heavy atom. The van der Waals surface area contributed by atoms with Crippen LogP contribution in [0.2, 0.25) is 0 Å². The van der Waals surface area contributed by atoms with E-state index in [0.29, 0.717) is 10.7 Å². The first-order chi connectivity index (χ1) is 9.06. The minimum absolute atomic E-state index is 0.0106. The third-order valence-electron chi connectivity index (χ3n) is 2.49. The molecule has 1 heterocycles. The number of nitrogens with one attached hydrogen (secondary N) is 1. The highest BCUT2D eigenvalue weighted by Gasteiger charge is 2.12. The van der Waals surface area contributed by atoms with E-state index in [2.05, 4.69) is 15.5 Å². The van der Waals surface area contributed by atoms with Crippen LogP contribution in [0.4, 0.5) is 9.52 Å². The minimum atomic E-state index is -0.377. The first-order valence-electron chi connectivity index (χ1n) is 5.93. The predicted octanol–water partition coefficient (Wildman–Crippen LogP) is 2.98. The van der Waals surface area contributed by atoms with Crippen molar-refractivity contribution in [1.82, 2.24) is 10.2 Å². The molecule has 2 rings (SSSR count). The zero-order valence-electron chi connectivity index (χ0n) is 10.7. The maximum Gasteiger partial charge on any atom is 0.230 e. The van der Waals surface area contributed by atoms with Gasteiger partial charge in [-0.1, -0.05) is 43.4 Å². The van der Waals surface area contributed by atoms with E-state index in [1.54, 1.807) is 18.2 Å². The van der Waals surface area contributed by atoms with Gasteiger partial charge in [0.1, 0.15) is 10.8 Å². The lowest BCUT2D eigenvalue weighted by molar-refractivity contribution is -0.115. The number of amides is 1. The number of carbonyl (C=O) groups excluding carboxylic acids is 1. The highest BCUT2D eigenvalue weighted by Crippen LogP contribution is 2.22. The summed E-state index contributed by atoms with van der Waals surface area (Å²) in [6.45, 7) is 4.01. The van der Waals surface area contributed by atoms with Gasteiger partial charge in [0, 0.05) is 5.92 Å². The van der Waals surface area contributed by atoms with Crippen molar-refractivity contribution < 1.29 is 9.18 Å². The van der Waals surface area contributed by atoms with Crippen molar-refractivity contribution >= 4 is 22.4 Å². The molecule has 1 aromatic carbocycles. The van der Waals surface area contributed by atoms with Crippen molar-refractivity contribution in [2.24, 2.45) is 0 Å². The van der Waals surface area contributed by atoms with Gasteiger partial charge in [0.2, 0.25) is 11.0 Å². The monoisotopic (exact) mass is 279 g/mol. The van der Waals surface area contributed by atoms with Crippen molar-refractivity contribution in [3.05, 3.63) is 40.7 Å². The number of halogens is 1. The molecule has 6 heteroatoms. The zero-order chi connectivity index (χ0) is 13.8. The fourth-order valence-corrected chi connectivity index (χ4v) is 2.26. The summed E-state index contributed by atoms with van der Waals surface area (Å²) in [6, 6.07) is 6.23. The molecule has 0 aliphatic carbocycles. The summed E-state index contributed by atoms with van der Waals surface area (Å²) >= 11 is 1.34. The van der Waals surface area contributed by atoms with Crippen molar-refractivity contribution in [2.45, 2.75) is 26.2 Å². The van der Waals surface area contributed by atoms with Crippen LogP contribution in [-0.2, 0) is 11.2 Å². The van der Waals surface area contributed by atoms with Gasteiger partial charge in [0.25, 0.3) is 0 Å². The fraction of sp³-hybridized carbons (Fsp3) is 0.308. The van der Waals surface area contributed by atoms with Crippen molar-refractivity contribution in [1.29, 1.82) is 0 Å². The third kappa shape index (κ3) is 3.57. The van der Waals surface area contributed by atoms with E-state index >= 15 is 0 Å². The molecule has 0 atom stereocenters. The molecule has 0 saturated heterocycles. The molecule has 19 heavy (non-hydrogen) atoms. The summed E-state index contributed by atoms with van der Waals surface area (Å²) in [5, 5.41) is 11.8. The highest BCUT2D eigenvalue weighted by atomic mass is 32.1. The number of aromatic nitrogens is 2. The van der Waals surface area contributed by atoms with E-state index in [1.165, 1.54) is 17.4 Å². The Balaban J connectivity index is 1.99. The summed E-state index contributed by atoms with van der Waals surface area (Å²) in [5.74, 6) is -0.399. The van der Waals surface area contributed by atoms with Gasteiger partial charge < -0.3 is 5.32 Å². The minimum Gasteiger partial charge on any atom is -0.300 e. The topological polar surface area (TPSA) is 54.9 Å². The first kappa shape index (κ1) is 13.6. The van der Waals surface area contributed by atoms with Crippen LogP contribution in [-0.4, -0.2) is 16.1 Å². The Morgan fingerprint density at radius 1 is 1.37 bits per heavy atom. The summed E-state index contributed by atoms with van der Waals surface area (Å²) in [5.41, 5.74) is 0.369. The van der Waals surface area contributed by atoms with Gasteiger partial charge in [-0.2, -0.15) is 0 Å². The molecular weight excluding hydrogens is 265 g/mol. The maximum absolute atomic E-state index is 13.4. The van der Waals surface area contributed by atoms with Gasteiger partial charge in [-0.25, -0.2) is 4.39 Å². The Morgan fingerprint density at radius 3 is 2.74 bits per heavy atom. The Labute approximate surface area is 114 Å². The van der Waals surface area contributed by atoms with Gasteiger partial charge in [-0.3, -0.25) is 4.79 Å². The normalized spacial score (nSPS) is 10.7. The standard InChI is InChI=1S/C13H14FN3OS/c1-8(2)12-16-17-13(19-12)15-11(18)7-9-5-3-4-6-10(9)14/h3-6,8H,7H2,1-2H3,(H,15,17,18). The Kier molecular flexibility index (Phi) is 4.21. The average molecular weight is 279 g/mol. The number of carbonyl (C=O) groups is 1. The van der Waals surface area contributed by atoms with Crippen LogP contribution >= 0.6 is 11.3 Å². The molecule has 0 radical (unpaired) electrons. The van der Waals surface area contributed by atoms with Crippen LogP contribution in [0.15, 0.2) is 24.3 Å². The number of hydrogen-bond acceptors (Lipinski definition) is 4. The second-order valence-electron chi connectivity index (χ2n) is 4.42. The number of anilines is 1. The van der Waals surface area contributed by atoms with Crippen LogP contribution in [0.3, 0.4) is 0 Å². The number of hydrogen-bond donors (Lipinski definition) is 1. The van der Waals surface area contributed by atoms with Crippen LogP contribution in [0, 0.1) is 5.82 Å². The van der Waals surface area contributed by atoms with E-state index in [0.717, 1.165) is 5.01 Å². The predicted molar refractivity (Wildman–Crippen MR) is 72.7 cm³/mol. The molecule has 0 saturated carbocycles. The Hall–Kier alpha value is -1.82. The van der Waals surface area contributed by atoms with Gasteiger partial charge in [-0.15, -0.1) is 10.2 Å². The van der Waals surface area contributed by atoms with E-state index in [4.69, 9.17) is 0 Å². The summed E-state index contributed by atoms with van der Waals surface area (Å²) in [6.07, 6.45) is -0.0106. The smallest absolute Gasteiger partial charge is 0.230 e. The molecule has 0 bridgehead atoms.